The van der Waals surface area contributed by atoms with Gasteiger partial charge in [0.15, 0.2) is 11.6 Å². The maximum atomic E-state index is 13.0. The molecule has 0 aliphatic rings. The molecule has 0 unspecified atom stereocenters. The van der Waals surface area contributed by atoms with Crippen LogP contribution in [0.4, 0.5) is 14.5 Å². The average molecular weight is 245 g/mol. The fourth-order valence-electron chi connectivity index (χ4n) is 1.42. The molecule has 0 saturated heterocycles. The van der Waals surface area contributed by atoms with E-state index in [0.717, 1.165) is 12.1 Å². The van der Waals surface area contributed by atoms with Gasteiger partial charge in [0.2, 0.25) is 0 Å². The largest absolute Gasteiger partial charge is 0.380 e. The van der Waals surface area contributed by atoms with Crippen LogP contribution in [-0.4, -0.2) is 4.98 Å². The zero-order valence-corrected chi connectivity index (χ0v) is 9.32. The summed E-state index contributed by atoms with van der Waals surface area (Å²) in [6, 6.07) is 8.92. The van der Waals surface area contributed by atoms with Crippen molar-refractivity contribution in [1.29, 1.82) is 5.26 Å². The third-order valence-electron chi connectivity index (χ3n) is 2.36. The molecular weight excluding hydrogens is 236 g/mol. The van der Waals surface area contributed by atoms with Gasteiger partial charge in [-0.1, -0.05) is 6.07 Å². The van der Waals surface area contributed by atoms with E-state index in [4.69, 9.17) is 5.26 Å². The number of nitrogens with one attached hydrogen (secondary N) is 1. The number of aromatic nitrogens is 1. The number of nitrogens with zero attached hydrogens (tertiary/aromatic N) is 2. The maximum Gasteiger partial charge on any atom is 0.159 e. The zero-order chi connectivity index (χ0) is 13.0. The molecule has 90 valence electrons. The van der Waals surface area contributed by atoms with Gasteiger partial charge < -0.3 is 5.32 Å². The third-order valence-corrected chi connectivity index (χ3v) is 2.36. The van der Waals surface area contributed by atoms with Crippen LogP contribution in [0, 0.1) is 23.0 Å². The predicted molar refractivity (Wildman–Crippen MR) is 62.6 cm³/mol. The minimum absolute atomic E-state index is 0.327. The number of nitriles is 1. The van der Waals surface area contributed by atoms with Crippen molar-refractivity contribution in [1.82, 2.24) is 4.98 Å². The Hall–Kier alpha value is -2.48. The highest BCUT2D eigenvalue weighted by Gasteiger charge is 2.02. The SMILES string of the molecule is N#Cc1ccc(NCc2ccc(F)c(F)c2)cn1. The van der Waals surface area contributed by atoms with Crippen molar-refractivity contribution in [2.75, 3.05) is 5.32 Å². The lowest BCUT2D eigenvalue weighted by atomic mass is 10.2. The fourth-order valence-corrected chi connectivity index (χ4v) is 1.42. The molecule has 0 fully saturated rings. The quantitative estimate of drug-likeness (QED) is 0.904. The van der Waals surface area contributed by atoms with Crippen LogP contribution in [0.15, 0.2) is 36.5 Å². The van der Waals surface area contributed by atoms with E-state index in [1.54, 1.807) is 12.1 Å². The average Bonchev–Trinajstić information content (AvgIpc) is 2.41. The molecule has 0 bridgehead atoms. The summed E-state index contributed by atoms with van der Waals surface area (Å²) in [6.45, 7) is 0.352. The summed E-state index contributed by atoms with van der Waals surface area (Å²) in [4.78, 5) is 3.88. The van der Waals surface area contributed by atoms with Gasteiger partial charge in [-0.05, 0) is 29.8 Å². The van der Waals surface area contributed by atoms with E-state index >= 15 is 0 Å². The summed E-state index contributed by atoms with van der Waals surface area (Å²) >= 11 is 0. The topological polar surface area (TPSA) is 48.7 Å². The first-order valence-corrected chi connectivity index (χ1v) is 5.23. The number of hydrogen-bond donors (Lipinski definition) is 1. The lowest BCUT2D eigenvalue weighted by molar-refractivity contribution is 0.507. The lowest BCUT2D eigenvalue weighted by Crippen LogP contribution is -2.01. The predicted octanol–water partition coefficient (Wildman–Crippen LogP) is 2.84. The second-order valence-electron chi connectivity index (χ2n) is 3.65. The summed E-state index contributed by atoms with van der Waals surface area (Å²) in [5.74, 6) is -1.73. The van der Waals surface area contributed by atoms with E-state index in [0.29, 0.717) is 23.5 Å². The molecule has 1 N–H and O–H groups in total. The molecule has 18 heavy (non-hydrogen) atoms. The number of anilines is 1. The Morgan fingerprint density at radius 3 is 2.61 bits per heavy atom. The zero-order valence-electron chi connectivity index (χ0n) is 9.32. The van der Waals surface area contributed by atoms with E-state index in [-0.39, 0.29) is 0 Å². The van der Waals surface area contributed by atoms with Crippen LogP contribution in [-0.2, 0) is 6.54 Å². The molecule has 0 radical (unpaired) electrons. The van der Waals surface area contributed by atoms with Gasteiger partial charge in [-0.2, -0.15) is 5.26 Å². The van der Waals surface area contributed by atoms with Crippen LogP contribution in [0.5, 0.6) is 0 Å². The van der Waals surface area contributed by atoms with Gasteiger partial charge in [0.1, 0.15) is 11.8 Å². The van der Waals surface area contributed by atoms with Crippen molar-refractivity contribution in [2.24, 2.45) is 0 Å². The first-order chi connectivity index (χ1) is 8.69. The Labute approximate surface area is 103 Å². The third kappa shape index (κ3) is 2.80. The molecule has 0 aliphatic carbocycles. The summed E-state index contributed by atoms with van der Waals surface area (Å²) in [7, 11) is 0. The molecule has 1 aromatic heterocycles. The molecule has 5 heteroatoms. The Balaban J connectivity index is 2.02. The van der Waals surface area contributed by atoms with Gasteiger partial charge in [0, 0.05) is 6.54 Å². The first-order valence-electron chi connectivity index (χ1n) is 5.23. The number of hydrogen-bond acceptors (Lipinski definition) is 3. The number of rotatable bonds is 3. The lowest BCUT2D eigenvalue weighted by Gasteiger charge is -2.06. The number of pyridine rings is 1. The molecule has 0 spiro atoms. The van der Waals surface area contributed by atoms with Crippen molar-refractivity contribution < 1.29 is 8.78 Å². The van der Waals surface area contributed by atoms with E-state index in [2.05, 4.69) is 10.3 Å². The van der Waals surface area contributed by atoms with Crippen LogP contribution in [0.3, 0.4) is 0 Å². The smallest absolute Gasteiger partial charge is 0.159 e. The van der Waals surface area contributed by atoms with Crippen LogP contribution >= 0.6 is 0 Å². The van der Waals surface area contributed by atoms with Gasteiger partial charge in [0.05, 0.1) is 11.9 Å². The van der Waals surface area contributed by atoms with Crippen LogP contribution in [0.25, 0.3) is 0 Å². The maximum absolute atomic E-state index is 13.0. The molecule has 2 rings (SSSR count). The Morgan fingerprint density at radius 1 is 1.17 bits per heavy atom. The molecule has 0 aliphatic heterocycles. The highest BCUT2D eigenvalue weighted by atomic mass is 19.2. The van der Waals surface area contributed by atoms with Crippen LogP contribution in [0.1, 0.15) is 11.3 Å². The number of halogens is 2. The van der Waals surface area contributed by atoms with E-state index in [1.807, 2.05) is 6.07 Å². The van der Waals surface area contributed by atoms with Gasteiger partial charge in [-0.15, -0.1) is 0 Å². The monoisotopic (exact) mass is 245 g/mol. The Kier molecular flexibility index (Phi) is 3.49. The van der Waals surface area contributed by atoms with Crippen molar-refractivity contribution >= 4 is 5.69 Å². The van der Waals surface area contributed by atoms with Crippen molar-refractivity contribution in [2.45, 2.75) is 6.54 Å². The highest BCUT2D eigenvalue weighted by molar-refractivity contribution is 5.43. The molecule has 2 aromatic rings. The van der Waals surface area contributed by atoms with Crippen molar-refractivity contribution in [3.05, 3.63) is 59.4 Å². The van der Waals surface area contributed by atoms with Gasteiger partial charge in [0.25, 0.3) is 0 Å². The standard InChI is InChI=1S/C13H9F2N3/c14-12-4-1-9(5-13(12)15)7-17-11-3-2-10(6-16)18-8-11/h1-5,8,17H,7H2. The van der Waals surface area contributed by atoms with Gasteiger partial charge >= 0.3 is 0 Å². The minimum Gasteiger partial charge on any atom is -0.380 e. The summed E-state index contributed by atoms with van der Waals surface area (Å²) in [5, 5.41) is 11.6. The van der Waals surface area contributed by atoms with E-state index in [1.165, 1.54) is 12.3 Å². The second-order valence-corrected chi connectivity index (χ2v) is 3.65. The van der Waals surface area contributed by atoms with Crippen LogP contribution in [0.2, 0.25) is 0 Å². The van der Waals surface area contributed by atoms with Gasteiger partial charge in [-0.25, -0.2) is 13.8 Å². The second kappa shape index (κ2) is 5.23. The summed E-state index contributed by atoms with van der Waals surface area (Å²) in [6.07, 6.45) is 1.51. The molecule has 0 amide bonds. The molecule has 0 saturated carbocycles. The van der Waals surface area contributed by atoms with Crippen molar-refractivity contribution in [3.8, 4) is 6.07 Å². The van der Waals surface area contributed by atoms with Crippen molar-refractivity contribution in [3.63, 3.8) is 0 Å². The summed E-state index contributed by atoms with van der Waals surface area (Å²) < 4.78 is 25.7. The fraction of sp³-hybridized carbons (Fsp3) is 0.0769. The summed E-state index contributed by atoms with van der Waals surface area (Å²) in [5.41, 5.74) is 1.66. The Bertz CT molecular complexity index is 588. The molecule has 3 nitrogen and oxygen atoms in total. The highest BCUT2D eigenvalue weighted by Crippen LogP contribution is 2.11. The normalized spacial score (nSPS) is 9.83. The first kappa shape index (κ1) is 12.0. The van der Waals surface area contributed by atoms with Crippen LogP contribution < -0.4 is 5.32 Å². The van der Waals surface area contributed by atoms with Gasteiger partial charge in [-0.3, -0.25) is 0 Å². The molecule has 1 heterocycles. The minimum atomic E-state index is -0.868. The Morgan fingerprint density at radius 2 is 2.00 bits per heavy atom. The van der Waals surface area contributed by atoms with E-state index < -0.39 is 11.6 Å². The molecule has 1 aromatic carbocycles. The van der Waals surface area contributed by atoms with E-state index in [9.17, 15) is 8.78 Å². The number of benzene rings is 1. The molecule has 0 atom stereocenters. The molecular formula is C13H9F2N3.